The van der Waals surface area contributed by atoms with Crippen LogP contribution in [0.4, 0.5) is 0 Å². The standard InChI is InChI=1S/C42H54O6S/c1-27(26-48-30(4)45)36-32(15-22-47-29(3)44)40(7)19-21-42(9)35-25-38(5,24-28(2)43)16-17-39(35,6)18-20-41(42,8)34(40)23-33(36)49-37(46)31-13-11-10-12-14-31/h10-15,22-23,26,33,35H,16-21,24-25H2,1-9H3/b22-15+,27-26+/t33?,35-,38+,39-,40+,41-,42+/m1/s1. The Kier molecular flexibility index (Phi) is 10.2. The molecule has 0 heterocycles. The number of esters is 2. The van der Waals surface area contributed by atoms with Gasteiger partial charge in [-0.1, -0.05) is 88.4 Å². The summed E-state index contributed by atoms with van der Waals surface area (Å²) in [6, 6.07) is 9.32. The van der Waals surface area contributed by atoms with E-state index in [2.05, 4.69) is 40.7 Å². The minimum Gasteiger partial charge on any atom is -0.435 e. The number of ketones is 1. The molecular formula is C42H54O6S. The molecule has 1 aromatic carbocycles. The Hall–Kier alpha value is -3.19. The number of carbonyl (C=O) groups excluding carboxylic acids is 4. The van der Waals surface area contributed by atoms with Gasteiger partial charge in [-0.2, -0.15) is 0 Å². The van der Waals surface area contributed by atoms with Crippen molar-refractivity contribution < 1.29 is 28.7 Å². The largest absolute Gasteiger partial charge is 0.435 e. The van der Waals surface area contributed by atoms with Crippen LogP contribution in [-0.4, -0.2) is 28.1 Å². The predicted molar refractivity (Wildman–Crippen MR) is 195 cm³/mol. The third kappa shape index (κ3) is 6.81. The Bertz CT molecular complexity index is 1650. The topological polar surface area (TPSA) is 86.7 Å². The molecule has 0 bridgehead atoms. The number of thioether (sulfide) groups is 1. The van der Waals surface area contributed by atoms with Crippen LogP contribution in [0.1, 0.15) is 124 Å². The Labute approximate surface area is 297 Å². The van der Waals surface area contributed by atoms with Gasteiger partial charge in [-0.15, -0.1) is 0 Å². The first kappa shape index (κ1) is 37.1. The van der Waals surface area contributed by atoms with Crippen molar-refractivity contribution in [3.63, 3.8) is 0 Å². The van der Waals surface area contributed by atoms with E-state index >= 15 is 0 Å². The number of hydrogen-bond donors (Lipinski definition) is 0. The molecule has 7 heteroatoms. The molecule has 0 aliphatic heterocycles. The molecule has 264 valence electrons. The number of hydrogen-bond acceptors (Lipinski definition) is 7. The van der Waals surface area contributed by atoms with E-state index in [9.17, 15) is 19.2 Å². The van der Waals surface area contributed by atoms with Gasteiger partial charge >= 0.3 is 11.9 Å². The third-order valence-corrected chi connectivity index (χ3v) is 14.2. The highest BCUT2D eigenvalue weighted by Crippen LogP contribution is 2.75. The molecule has 0 amide bonds. The smallest absolute Gasteiger partial charge is 0.307 e. The lowest BCUT2D eigenvalue weighted by molar-refractivity contribution is -0.163. The molecule has 3 fully saturated rings. The van der Waals surface area contributed by atoms with E-state index in [0.29, 0.717) is 17.9 Å². The van der Waals surface area contributed by atoms with Gasteiger partial charge in [-0.05, 0) is 109 Å². The van der Waals surface area contributed by atoms with Crippen LogP contribution in [0.2, 0.25) is 0 Å². The highest BCUT2D eigenvalue weighted by Gasteiger charge is 2.66. The van der Waals surface area contributed by atoms with Crippen LogP contribution in [0.5, 0.6) is 0 Å². The summed E-state index contributed by atoms with van der Waals surface area (Å²) in [5.74, 6) is -0.123. The second kappa shape index (κ2) is 13.5. The van der Waals surface area contributed by atoms with Crippen LogP contribution >= 0.6 is 11.8 Å². The number of benzene rings is 1. The maximum absolute atomic E-state index is 13.9. The van der Waals surface area contributed by atoms with E-state index in [4.69, 9.17) is 9.47 Å². The zero-order chi connectivity index (χ0) is 36.0. The lowest BCUT2D eigenvalue weighted by atomic mass is 9.34. The van der Waals surface area contributed by atoms with E-state index in [1.165, 1.54) is 43.7 Å². The van der Waals surface area contributed by atoms with Crippen molar-refractivity contribution in [3.05, 3.63) is 82.9 Å². The van der Waals surface area contributed by atoms with Crippen LogP contribution in [0.15, 0.2) is 77.3 Å². The van der Waals surface area contributed by atoms with E-state index in [1.54, 1.807) is 6.92 Å². The minimum atomic E-state index is -0.427. The van der Waals surface area contributed by atoms with E-state index in [1.807, 2.05) is 43.3 Å². The van der Waals surface area contributed by atoms with Crippen molar-refractivity contribution in [1.29, 1.82) is 0 Å². The minimum absolute atomic E-state index is 0.0108. The van der Waals surface area contributed by atoms with Gasteiger partial charge < -0.3 is 14.3 Å². The first-order valence-corrected chi connectivity index (χ1v) is 18.7. The third-order valence-electron chi connectivity index (χ3n) is 13.1. The summed E-state index contributed by atoms with van der Waals surface area (Å²) in [6.45, 7) is 18.5. The zero-order valence-electron chi connectivity index (χ0n) is 30.9. The summed E-state index contributed by atoms with van der Waals surface area (Å²) in [5, 5.41) is -0.416. The number of ether oxygens (including phenoxy) is 2. The number of carbonyl (C=O) groups is 4. The van der Waals surface area contributed by atoms with Crippen molar-refractivity contribution in [2.24, 2.45) is 33.0 Å². The molecule has 7 atom stereocenters. The molecule has 4 aliphatic carbocycles. The molecule has 1 unspecified atom stereocenters. The maximum Gasteiger partial charge on any atom is 0.307 e. The Morgan fingerprint density at radius 2 is 1.49 bits per heavy atom. The maximum atomic E-state index is 13.9. The van der Waals surface area contributed by atoms with Crippen molar-refractivity contribution >= 4 is 34.6 Å². The van der Waals surface area contributed by atoms with Crippen LogP contribution in [0, 0.1) is 33.0 Å². The van der Waals surface area contributed by atoms with Crippen LogP contribution in [0.3, 0.4) is 0 Å². The van der Waals surface area contributed by atoms with Gasteiger partial charge in [-0.3, -0.25) is 14.4 Å². The van der Waals surface area contributed by atoms with Gasteiger partial charge in [0, 0.05) is 31.2 Å². The van der Waals surface area contributed by atoms with E-state index < -0.39 is 17.4 Å². The van der Waals surface area contributed by atoms with Gasteiger partial charge in [0.05, 0.1) is 17.8 Å². The van der Waals surface area contributed by atoms with Gasteiger partial charge in [-0.25, -0.2) is 0 Å². The highest BCUT2D eigenvalue weighted by atomic mass is 32.2. The van der Waals surface area contributed by atoms with Crippen molar-refractivity contribution in [2.75, 3.05) is 0 Å². The number of rotatable bonds is 8. The average molecular weight is 687 g/mol. The Balaban J connectivity index is 1.69. The zero-order valence-corrected chi connectivity index (χ0v) is 31.7. The number of allylic oxidation sites excluding steroid dienone is 4. The second-order valence-electron chi connectivity index (χ2n) is 16.6. The van der Waals surface area contributed by atoms with Gasteiger partial charge in [0.2, 0.25) is 5.12 Å². The Morgan fingerprint density at radius 1 is 0.837 bits per heavy atom. The summed E-state index contributed by atoms with van der Waals surface area (Å²) in [7, 11) is 0. The van der Waals surface area contributed by atoms with Gasteiger partial charge in [0.25, 0.3) is 0 Å². The lowest BCUT2D eigenvalue weighted by Crippen LogP contribution is -2.62. The summed E-state index contributed by atoms with van der Waals surface area (Å²) >= 11 is 1.27. The molecule has 5 rings (SSSR count). The number of Topliss-reactive ketones (excluding diaryl/α,β-unsaturated/α-hetero) is 1. The summed E-state index contributed by atoms with van der Waals surface area (Å²) < 4.78 is 10.8. The predicted octanol–water partition coefficient (Wildman–Crippen LogP) is 10.1. The van der Waals surface area contributed by atoms with Crippen LogP contribution in [0.25, 0.3) is 0 Å². The first-order valence-electron chi connectivity index (χ1n) is 17.8. The molecule has 49 heavy (non-hydrogen) atoms. The van der Waals surface area contributed by atoms with Gasteiger partial charge in [0.1, 0.15) is 5.78 Å². The first-order chi connectivity index (χ1) is 22.9. The molecule has 0 aromatic heterocycles. The van der Waals surface area contributed by atoms with Gasteiger partial charge in [0.15, 0.2) is 0 Å². The van der Waals surface area contributed by atoms with Crippen molar-refractivity contribution in [2.45, 2.75) is 119 Å². The molecule has 0 radical (unpaired) electrons. The van der Waals surface area contributed by atoms with E-state index in [0.717, 1.165) is 61.7 Å². The molecule has 1 aromatic rings. The molecule has 0 spiro atoms. The average Bonchev–Trinajstić information content (AvgIpc) is 3.03. The monoisotopic (exact) mass is 686 g/mol. The fraction of sp³-hybridized carbons (Fsp3) is 0.571. The van der Waals surface area contributed by atoms with Crippen LogP contribution in [-0.2, 0) is 23.9 Å². The molecular weight excluding hydrogens is 633 g/mol. The molecule has 3 saturated carbocycles. The SMILES string of the molecule is CC(=O)C[C@]1(C)CC[C@]2(C)CC[C@]3(C)C4=CC(SC(=O)c5ccccc5)C(C(/C)=C/OC(C)=O)=C(/C=C/OC(C)=O)[C@]4(C)CC[C@@]3(C)[C@@H]2C1. The quantitative estimate of drug-likeness (QED) is 0.153. The van der Waals surface area contributed by atoms with E-state index in [-0.39, 0.29) is 37.8 Å². The second-order valence-corrected chi connectivity index (χ2v) is 17.7. The summed E-state index contributed by atoms with van der Waals surface area (Å²) in [5.41, 5.74) is 4.11. The molecule has 0 saturated heterocycles. The fourth-order valence-electron chi connectivity index (χ4n) is 10.3. The molecule has 6 nitrogen and oxygen atoms in total. The van der Waals surface area contributed by atoms with Crippen molar-refractivity contribution in [1.82, 2.24) is 0 Å². The normalized spacial score (nSPS) is 35.9. The van der Waals surface area contributed by atoms with Crippen molar-refractivity contribution in [3.8, 4) is 0 Å². The summed E-state index contributed by atoms with van der Waals surface area (Å²) in [6.07, 6.45) is 15.1. The summed E-state index contributed by atoms with van der Waals surface area (Å²) in [4.78, 5) is 50.2. The highest BCUT2D eigenvalue weighted by molar-refractivity contribution is 8.15. The lowest BCUT2D eigenvalue weighted by Gasteiger charge is -2.70. The molecule has 4 aliphatic rings. The molecule has 0 N–H and O–H groups in total. The van der Waals surface area contributed by atoms with Crippen LogP contribution < -0.4 is 0 Å². The number of fused-ring (bicyclic) bond motifs is 5. The fourth-order valence-corrected chi connectivity index (χ4v) is 11.5. The Morgan fingerprint density at radius 3 is 2.12 bits per heavy atom.